The van der Waals surface area contributed by atoms with Crippen LogP contribution in [0.1, 0.15) is 165 Å². The number of phenolic OH excluding ortho intramolecular Hbond substituents is 6. The normalized spacial score (nSPS) is 19.9. The van der Waals surface area contributed by atoms with Crippen molar-refractivity contribution in [2.75, 3.05) is 40.3 Å². The molecule has 6 heterocycles. The second kappa shape index (κ2) is 36.4. The molecule has 8 amide bonds. The molecule has 30 nitrogen and oxygen atoms in total. The van der Waals surface area contributed by atoms with Gasteiger partial charge in [-0.1, -0.05) is 106 Å². The van der Waals surface area contributed by atoms with E-state index in [-0.39, 0.29) is 97.9 Å². The fraction of sp³-hybridized carbons (Fsp3) is 0.375. The Hall–Kier alpha value is -11.1. The van der Waals surface area contributed by atoms with Crippen LogP contribution in [-0.4, -0.2) is 151 Å². The van der Waals surface area contributed by atoms with Crippen LogP contribution in [0.3, 0.4) is 0 Å². The maximum absolute atomic E-state index is 16.3. The van der Waals surface area contributed by atoms with Gasteiger partial charge in [-0.2, -0.15) is 0 Å². The van der Waals surface area contributed by atoms with Crippen LogP contribution in [0.25, 0.3) is 11.1 Å². The Labute approximate surface area is 655 Å². The lowest BCUT2D eigenvalue weighted by Gasteiger charge is -2.32. The SMILES string of the molecule is CCCCCCCCCCN(Cc1c(O)cc2c(c1O)-c1cc(ccc1O)[C@@H]1NC(=O)[C@H]3NC(=O)[C@H]4NC(=O)[C@H](Cc5ccc(c(Cl)c5)Oc5cc3cc(c5O)Oc3ccc(cc3Cl)C(O)[C@H](NC1=O)C(=O)N[C@@H]2C(=O)NCCCN(C)C)NC(=O)[C@@H](N)c1ccc(O)c(c1)Oc1cc(O)cc4c1)C(=O)C(N)CCCCN. The number of halogens is 2. The van der Waals surface area contributed by atoms with Crippen LogP contribution in [0.4, 0.5) is 0 Å². The van der Waals surface area contributed by atoms with Gasteiger partial charge in [0.1, 0.15) is 88.6 Å². The molecule has 6 aliphatic rings. The smallest absolute Gasteiger partial charge is 0.248 e. The fourth-order valence-corrected chi connectivity index (χ4v) is 14.4. The van der Waals surface area contributed by atoms with Gasteiger partial charge in [0.15, 0.2) is 23.0 Å². The predicted octanol–water partition coefficient (Wildman–Crippen LogP) is 7.89. The first-order chi connectivity index (χ1) is 53.6. The number of ether oxygens (including phenoxy) is 3. The molecular weight excluding hydrogens is 1490 g/mol. The molecule has 0 spiro atoms. The fourth-order valence-electron chi connectivity index (χ4n) is 13.9. The average Bonchev–Trinajstić information content (AvgIpc) is 0.754. The number of carbonyl (C=O) groups is 8. The van der Waals surface area contributed by atoms with Crippen molar-refractivity contribution in [3.63, 3.8) is 0 Å². The third-order valence-electron chi connectivity index (χ3n) is 20.1. The predicted molar refractivity (Wildman–Crippen MR) is 412 cm³/mol. The zero-order valence-corrected chi connectivity index (χ0v) is 63.3. The Balaban J connectivity index is 1.11. The highest BCUT2D eigenvalue weighted by atomic mass is 35.5. The molecule has 0 aliphatic carbocycles. The number of fused-ring (bicyclic) bond motifs is 14. The molecule has 0 fully saturated rings. The number of aliphatic hydroxyl groups excluding tert-OH is 1. The molecule has 7 aromatic carbocycles. The molecule has 6 aliphatic heterocycles. The summed E-state index contributed by atoms with van der Waals surface area (Å²) in [6, 6.07) is 6.98. The van der Waals surface area contributed by atoms with Crippen LogP contribution in [0.5, 0.6) is 69.0 Å². The molecule has 0 saturated carbocycles. The molecule has 0 radical (unpaired) electrons. The highest BCUT2D eigenvalue weighted by Crippen LogP contribution is 2.50. The lowest BCUT2D eigenvalue weighted by atomic mass is 9.87. The number of nitrogens with two attached hydrogens (primary N) is 3. The number of rotatable bonds is 21. The quantitative estimate of drug-likeness (QED) is 0.0304. The maximum Gasteiger partial charge on any atom is 0.248 e. The third-order valence-corrected chi connectivity index (χ3v) is 20.6. The van der Waals surface area contributed by atoms with Crippen molar-refractivity contribution < 1.29 is 88.3 Å². The van der Waals surface area contributed by atoms with Gasteiger partial charge in [-0.3, -0.25) is 38.4 Å². The zero-order valence-electron chi connectivity index (χ0n) is 61.8. The maximum atomic E-state index is 16.3. The minimum Gasteiger partial charge on any atom is -0.508 e. The van der Waals surface area contributed by atoms with Crippen molar-refractivity contribution in [1.29, 1.82) is 0 Å². The number of carbonyl (C=O) groups excluding carboxylic acids is 8. The number of hydrogen-bond acceptors (Lipinski definition) is 22. The number of unbranched alkanes of at least 4 members (excludes halogenated alkanes) is 8. The van der Waals surface area contributed by atoms with Gasteiger partial charge in [0, 0.05) is 36.7 Å². The third kappa shape index (κ3) is 19.1. The van der Waals surface area contributed by atoms with Crippen molar-refractivity contribution in [2.45, 2.75) is 151 Å². The number of hydrogen-bond donors (Lipinski definition) is 17. The summed E-state index contributed by atoms with van der Waals surface area (Å²) >= 11 is 14.0. The summed E-state index contributed by atoms with van der Waals surface area (Å²) in [7, 11) is 3.63. The molecule has 0 aromatic heterocycles. The monoisotopic (exact) mass is 1580 g/mol. The Morgan fingerprint density at radius 3 is 1.84 bits per heavy atom. The molecule has 594 valence electrons. The van der Waals surface area contributed by atoms with Crippen LogP contribution < -0.4 is 68.6 Å². The van der Waals surface area contributed by atoms with Gasteiger partial charge in [0.25, 0.3) is 0 Å². The highest BCUT2D eigenvalue weighted by Gasteiger charge is 2.42. The van der Waals surface area contributed by atoms with Crippen LogP contribution >= 0.6 is 23.2 Å². The summed E-state index contributed by atoms with van der Waals surface area (Å²) < 4.78 is 18.8. The number of nitrogens with zero attached hydrogens (tertiary/aromatic N) is 2. The van der Waals surface area contributed by atoms with E-state index in [1.54, 1.807) is 0 Å². The second-order valence-corrected chi connectivity index (χ2v) is 29.4. The van der Waals surface area contributed by atoms with E-state index in [9.17, 15) is 45.3 Å². The van der Waals surface area contributed by atoms with Crippen molar-refractivity contribution >= 4 is 70.5 Å². The van der Waals surface area contributed by atoms with Gasteiger partial charge in [0.05, 0.1) is 28.2 Å². The molecule has 9 atom stereocenters. The van der Waals surface area contributed by atoms with E-state index in [0.29, 0.717) is 50.8 Å². The minimum absolute atomic E-state index is 0.00847. The topological polar surface area (TPSA) is 475 Å². The first-order valence-electron chi connectivity index (χ1n) is 37.1. The number of aliphatic hydroxyl groups is 1. The van der Waals surface area contributed by atoms with E-state index in [0.717, 1.165) is 81.0 Å². The van der Waals surface area contributed by atoms with Gasteiger partial charge in [-0.05, 0) is 171 Å². The van der Waals surface area contributed by atoms with Gasteiger partial charge in [0.2, 0.25) is 53.0 Å². The summed E-state index contributed by atoms with van der Waals surface area (Å²) in [5.74, 6) is -14.6. The van der Waals surface area contributed by atoms with E-state index >= 15 is 28.8 Å². The van der Waals surface area contributed by atoms with Crippen molar-refractivity contribution in [3.05, 3.63) is 164 Å². The summed E-state index contributed by atoms with van der Waals surface area (Å²) in [4.78, 5) is 126. The molecule has 32 heteroatoms. The van der Waals surface area contributed by atoms with Gasteiger partial charge < -0.3 is 114 Å². The van der Waals surface area contributed by atoms with Gasteiger partial charge >= 0.3 is 0 Å². The van der Waals surface area contributed by atoms with E-state index in [1.165, 1.54) is 71.6 Å². The summed E-state index contributed by atoms with van der Waals surface area (Å²) in [5.41, 5.74) is 16.8. The van der Waals surface area contributed by atoms with Crippen LogP contribution in [0, 0.1) is 0 Å². The summed E-state index contributed by atoms with van der Waals surface area (Å²) in [6.45, 7) is 2.54. The minimum atomic E-state index is -2.21. The first kappa shape index (κ1) is 81.9. The number of phenols is 6. The number of aromatic hydroxyl groups is 6. The van der Waals surface area contributed by atoms with E-state index in [2.05, 4.69) is 44.1 Å². The second-order valence-electron chi connectivity index (χ2n) is 28.6. The van der Waals surface area contributed by atoms with Crippen LogP contribution in [0.2, 0.25) is 10.0 Å². The molecule has 20 N–H and O–H groups in total. The van der Waals surface area contributed by atoms with Crippen molar-refractivity contribution in [3.8, 4) is 80.1 Å². The van der Waals surface area contributed by atoms with Crippen molar-refractivity contribution in [2.24, 2.45) is 17.2 Å². The lowest BCUT2D eigenvalue weighted by Crippen LogP contribution is -2.56. The zero-order chi connectivity index (χ0) is 80.4. The standard InChI is InChI=1S/C80H92Cl2N12O18/c1-4-5-6-7-8-9-10-13-27-94(80(109)53(84)15-11-12-24-83)39-50-57(98)38-49-63(71(50)100)48-32-42(18-20-55(48)96)65-76(105)92-69(79(108)91-68(49)75(104)86-25-14-26-93(2)3)70(99)43-19-23-59(52(82)33-43)112-62-36-45-35-61(72(62)101)111-58-22-16-40(28-51(58)81)29-54-73(102)88-66(77(106)90-67(45)78(107)89-65)44-30-46(95)37-47(31-44)110-60-34-41(17-21-56(60)97)64(85)74(103)87-54/h16-23,28,30-38,53-54,64-70,95-101H,4-15,24-27,29,39,83-85H2,1-3H3,(H,86,104)(H,87,103)(H,88,102)(H,89,107)(H,90,106)(H,91,108)(H,92,105)/t53?,54-,64-,65-,66-,67-,68-,69-,70?/m0/s1. The Morgan fingerprint density at radius 2 is 1.17 bits per heavy atom. The van der Waals surface area contributed by atoms with Gasteiger partial charge in [-0.25, -0.2) is 0 Å². The van der Waals surface area contributed by atoms with E-state index in [4.69, 9.17) is 54.6 Å². The Kier molecular flexibility index (Phi) is 26.6. The van der Waals surface area contributed by atoms with Crippen LogP contribution in [0.15, 0.2) is 109 Å². The number of benzene rings is 7. The molecule has 112 heavy (non-hydrogen) atoms. The van der Waals surface area contributed by atoms with Crippen LogP contribution in [-0.2, 0) is 51.3 Å². The summed E-state index contributed by atoms with van der Waals surface area (Å²) in [5, 5.41) is 104. The molecule has 0 saturated heterocycles. The largest absolute Gasteiger partial charge is 0.508 e. The van der Waals surface area contributed by atoms with E-state index < -0.39 is 165 Å². The molecular formula is C80H92Cl2N12O18. The molecule has 13 rings (SSSR count). The van der Waals surface area contributed by atoms with Gasteiger partial charge in [-0.15, -0.1) is 0 Å². The molecule has 2 unspecified atom stereocenters. The van der Waals surface area contributed by atoms with E-state index in [1.807, 2.05) is 19.0 Å². The molecule has 7 aromatic rings. The first-order valence-corrected chi connectivity index (χ1v) is 37.8. The average molecular weight is 1580 g/mol. The van der Waals surface area contributed by atoms with Crippen molar-refractivity contribution in [1.82, 2.24) is 47.0 Å². The number of amides is 8. The highest BCUT2D eigenvalue weighted by molar-refractivity contribution is 6.32. The number of nitrogens with one attached hydrogen (secondary N) is 7. The Bertz CT molecular complexity index is 4740. The Morgan fingerprint density at radius 1 is 0.562 bits per heavy atom. The summed E-state index contributed by atoms with van der Waals surface area (Å²) in [6.07, 6.45) is 6.45. The molecule has 17 bridgehead atoms. The lowest BCUT2D eigenvalue weighted by molar-refractivity contribution is -0.137.